The molecule has 0 aliphatic rings. The van der Waals surface area contributed by atoms with Crippen molar-refractivity contribution in [1.82, 2.24) is 18.0 Å². The SMILES string of the molecule is Oc1c(-c2cn(P(P)P)c(Sc3ccccc3)n2)c(-c2cn(P)c3ccccc23)c(O)n1P=P. The van der Waals surface area contributed by atoms with Crippen LogP contribution >= 0.6 is 63.0 Å². The van der Waals surface area contributed by atoms with Gasteiger partial charge in [0.1, 0.15) is 0 Å². The van der Waals surface area contributed by atoms with E-state index in [1.807, 2.05) is 71.3 Å². The van der Waals surface area contributed by atoms with E-state index in [0.717, 1.165) is 26.5 Å². The lowest BCUT2D eigenvalue weighted by Gasteiger charge is -2.09. The van der Waals surface area contributed by atoms with Gasteiger partial charge in [-0.25, -0.2) is 9.32 Å². The molecule has 5 rings (SSSR count). The highest BCUT2D eigenvalue weighted by Gasteiger charge is 2.29. The Morgan fingerprint density at radius 3 is 2.32 bits per heavy atom. The van der Waals surface area contributed by atoms with Crippen molar-refractivity contribution in [3.05, 3.63) is 67.0 Å². The minimum absolute atomic E-state index is 0.0312. The third-order valence-corrected chi connectivity index (χ3v) is 10.3. The molecule has 3 unspecified atom stereocenters. The van der Waals surface area contributed by atoms with E-state index in [2.05, 4.69) is 40.1 Å². The van der Waals surface area contributed by atoms with Crippen LogP contribution in [0.4, 0.5) is 0 Å². The first-order chi connectivity index (χ1) is 16.4. The maximum Gasteiger partial charge on any atom is 0.212 e. The third-order valence-electron chi connectivity index (χ3n) is 5.32. The maximum atomic E-state index is 11.2. The van der Waals surface area contributed by atoms with Gasteiger partial charge in [-0.05, 0) is 27.6 Å². The molecule has 0 amide bonds. The second kappa shape index (κ2) is 10.0. The lowest BCUT2D eigenvalue weighted by molar-refractivity contribution is 0.417. The zero-order valence-electron chi connectivity index (χ0n) is 17.6. The fraction of sp³-hybridized carbons (Fsp3) is 0. The van der Waals surface area contributed by atoms with Crippen LogP contribution in [-0.2, 0) is 0 Å². The summed E-state index contributed by atoms with van der Waals surface area (Å²) in [5, 5.41) is 24.2. The van der Waals surface area contributed by atoms with Crippen LogP contribution in [0.1, 0.15) is 0 Å². The summed E-state index contributed by atoms with van der Waals surface area (Å²) in [7, 11) is 11.6. The van der Waals surface area contributed by atoms with Gasteiger partial charge in [0.05, 0.1) is 22.3 Å². The van der Waals surface area contributed by atoms with Crippen LogP contribution < -0.4 is 0 Å². The van der Waals surface area contributed by atoms with Crippen LogP contribution in [0, 0.1) is 0 Å². The Balaban J connectivity index is 1.75. The lowest BCUT2D eigenvalue weighted by Crippen LogP contribution is -1.85. The molecule has 0 aliphatic carbocycles. The third kappa shape index (κ3) is 4.28. The fourth-order valence-electron chi connectivity index (χ4n) is 3.84. The summed E-state index contributed by atoms with van der Waals surface area (Å²) in [6, 6.07) is 18.0. The second-order valence-electron chi connectivity index (χ2n) is 7.32. The molecule has 3 atom stereocenters. The summed E-state index contributed by atoms with van der Waals surface area (Å²) in [5.74, 6) is -0.0844. The predicted molar refractivity (Wildman–Crippen MR) is 158 cm³/mol. The molecule has 3 heterocycles. The average molecular weight is 578 g/mol. The van der Waals surface area contributed by atoms with E-state index < -0.39 is 7.45 Å². The summed E-state index contributed by atoms with van der Waals surface area (Å²) in [6.07, 6.45) is 3.88. The van der Waals surface area contributed by atoms with Crippen LogP contribution in [0.2, 0.25) is 0 Å². The Hall–Kier alpha value is -1.26. The van der Waals surface area contributed by atoms with Gasteiger partial charge in [-0.3, -0.25) is 4.34 Å². The van der Waals surface area contributed by atoms with Gasteiger partial charge in [0.25, 0.3) is 0 Å². The molecule has 5 aromatic rings. The van der Waals surface area contributed by atoms with Crippen molar-refractivity contribution in [2.24, 2.45) is 0 Å². The van der Waals surface area contributed by atoms with Crippen LogP contribution in [0.3, 0.4) is 0 Å². The summed E-state index contributed by atoms with van der Waals surface area (Å²) in [4.78, 5) is 5.99. The zero-order chi connectivity index (χ0) is 24.0. The van der Waals surface area contributed by atoms with Crippen molar-refractivity contribution >= 4 is 73.9 Å². The van der Waals surface area contributed by atoms with Crippen molar-refractivity contribution in [3.63, 3.8) is 0 Å². The summed E-state index contributed by atoms with van der Waals surface area (Å²) in [5.41, 5.74) is 3.44. The number of hydrogen-bond acceptors (Lipinski definition) is 4. The van der Waals surface area contributed by atoms with Gasteiger partial charge in [-0.1, -0.05) is 74.5 Å². The Bertz CT molecular complexity index is 1530. The molecule has 2 N–H and O–H groups in total. The Kier molecular flexibility index (Phi) is 7.19. The molecule has 0 aliphatic heterocycles. The molecule has 0 saturated carbocycles. The van der Waals surface area contributed by atoms with E-state index in [1.54, 1.807) is 11.8 Å². The number of nitrogens with zero attached hydrogens (tertiary/aromatic N) is 4. The van der Waals surface area contributed by atoms with Gasteiger partial charge >= 0.3 is 0 Å². The van der Waals surface area contributed by atoms with E-state index >= 15 is 0 Å². The Morgan fingerprint density at radius 2 is 1.62 bits per heavy atom. The molecule has 172 valence electrons. The molecule has 13 heteroatoms. The predicted octanol–water partition coefficient (Wildman–Crippen LogP) is 7.77. The topological polar surface area (TPSA) is 68.1 Å². The molecule has 0 radical (unpaired) electrons. The van der Waals surface area contributed by atoms with Gasteiger partial charge in [0.2, 0.25) is 11.8 Å². The van der Waals surface area contributed by atoms with Crippen molar-refractivity contribution in [1.29, 1.82) is 0 Å². The minimum atomic E-state index is -0.687. The number of benzene rings is 2. The van der Waals surface area contributed by atoms with Crippen molar-refractivity contribution in [2.45, 2.75) is 10.1 Å². The largest absolute Gasteiger partial charge is 0.493 e. The minimum Gasteiger partial charge on any atom is -0.493 e. The summed E-state index contributed by atoms with van der Waals surface area (Å²) >= 11 is 1.56. The van der Waals surface area contributed by atoms with Gasteiger partial charge < -0.3 is 14.6 Å². The van der Waals surface area contributed by atoms with Crippen LogP contribution in [0.5, 0.6) is 11.8 Å². The Morgan fingerprint density at radius 1 is 0.941 bits per heavy atom. The van der Waals surface area contributed by atoms with Crippen molar-refractivity contribution < 1.29 is 10.2 Å². The quantitative estimate of drug-likeness (QED) is 0.202. The van der Waals surface area contributed by atoms with E-state index in [9.17, 15) is 10.2 Å². The van der Waals surface area contributed by atoms with Gasteiger partial charge in [-0.2, -0.15) is 0 Å². The highest BCUT2D eigenvalue weighted by Crippen LogP contribution is 2.58. The highest BCUT2D eigenvalue weighted by atomic mass is 32.4. The van der Waals surface area contributed by atoms with E-state index in [-0.39, 0.29) is 11.8 Å². The van der Waals surface area contributed by atoms with Crippen molar-refractivity contribution in [3.8, 4) is 34.1 Å². The van der Waals surface area contributed by atoms with Gasteiger partial charge in [-0.15, -0.1) is 0 Å². The molecular formula is C21H20N4O2P6S. The summed E-state index contributed by atoms with van der Waals surface area (Å²) in [6.45, 7) is 0. The standard InChI is InChI=1S/C21H20N4O2P6S/c26-19-17(14-10-23(28)16-9-5-4-8-13(14)16)18(20(27)25(19)32-29)15-11-24(33(30)31)21(22-15)34-12-6-2-1-3-7-12/h1-11,26-27,29H,28,30-31H2. The molecule has 0 bridgehead atoms. The number of aromatic hydroxyl groups is 2. The van der Waals surface area contributed by atoms with Crippen molar-refractivity contribution in [2.75, 3.05) is 0 Å². The molecule has 34 heavy (non-hydrogen) atoms. The van der Waals surface area contributed by atoms with Gasteiger partial charge in [0.15, 0.2) is 5.16 Å². The first-order valence-corrected chi connectivity index (χ1v) is 18.0. The fourth-order valence-corrected chi connectivity index (χ4v) is 8.41. The zero-order valence-corrected chi connectivity index (χ0v) is 24.6. The van der Waals surface area contributed by atoms with Crippen LogP contribution in [0.15, 0.2) is 77.0 Å². The second-order valence-corrected chi connectivity index (χ2v) is 16.3. The number of imidazole rings is 1. The molecule has 0 fully saturated rings. The van der Waals surface area contributed by atoms with E-state index in [4.69, 9.17) is 4.98 Å². The Labute approximate surface area is 212 Å². The van der Waals surface area contributed by atoms with E-state index in [0.29, 0.717) is 24.8 Å². The first kappa shape index (κ1) is 24.4. The van der Waals surface area contributed by atoms with Crippen LogP contribution in [-0.4, -0.2) is 28.2 Å². The summed E-state index contributed by atoms with van der Waals surface area (Å²) < 4.78 is 5.43. The molecule has 3 aromatic heterocycles. The molecule has 0 spiro atoms. The monoisotopic (exact) mass is 578 g/mol. The van der Waals surface area contributed by atoms with E-state index in [1.165, 1.54) is 4.34 Å². The first-order valence-electron chi connectivity index (χ1n) is 9.93. The molecule has 2 aromatic carbocycles. The number of fused-ring (bicyclic) bond motifs is 1. The number of aromatic nitrogens is 4. The lowest BCUT2D eigenvalue weighted by atomic mass is 10.0. The number of hydrogen-bond donors (Lipinski definition) is 2. The number of rotatable bonds is 6. The molecule has 6 nitrogen and oxygen atoms in total. The highest BCUT2D eigenvalue weighted by molar-refractivity contribution is 8.42. The molecule has 0 saturated heterocycles. The molecular weight excluding hydrogens is 558 g/mol. The van der Waals surface area contributed by atoms with Gasteiger partial charge in [0, 0.05) is 43.7 Å². The maximum absolute atomic E-state index is 11.2. The smallest absolute Gasteiger partial charge is 0.212 e. The number of para-hydroxylation sites is 1. The van der Waals surface area contributed by atoms with Crippen LogP contribution in [0.25, 0.3) is 33.3 Å². The average Bonchev–Trinajstić information content (AvgIpc) is 3.46. The normalized spacial score (nSPS) is 11.8.